The predicted molar refractivity (Wildman–Crippen MR) is 116 cm³/mol. The Hall–Kier alpha value is -1.38. The molecule has 0 bridgehead atoms. The van der Waals surface area contributed by atoms with E-state index in [1.165, 1.54) is 0 Å². The Morgan fingerprint density at radius 1 is 1.07 bits per heavy atom. The van der Waals surface area contributed by atoms with Crippen molar-refractivity contribution in [2.75, 3.05) is 73.1 Å². The Morgan fingerprint density at radius 3 is 2.25 bits per heavy atom. The number of carbonyl (C=O) groups excluding carboxylic acids is 1. The maximum absolute atomic E-state index is 11.9. The minimum Gasteiger partial charge on any atom is -0.379 e. The van der Waals surface area contributed by atoms with Gasteiger partial charge in [-0.15, -0.1) is 0 Å². The zero-order chi connectivity index (χ0) is 20.9. The molecule has 8 heteroatoms. The van der Waals surface area contributed by atoms with Gasteiger partial charge in [0, 0.05) is 58.9 Å². The molecular formula is C20H42N6O2. The fourth-order valence-corrected chi connectivity index (χ4v) is 3.21. The van der Waals surface area contributed by atoms with E-state index in [-0.39, 0.29) is 12.5 Å². The van der Waals surface area contributed by atoms with Crippen molar-refractivity contribution in [3.63, 3.8) is 0 Å². The number of rotatable bonds is 11. The SMILES string of the molecule is CC(C)N(CCNC(=NCC(=O)N(C)C)NCCCN1CCOCC1)C(C)C. The van der Waals surface area contributed by atoms with Gasteiger partial charge in [-0.25, -0.2) is 4.99 Å². The van der Waals surface area contributed by atoms with Gasteiger partial charge in [0.25, 0.3) is 0 Å². The lowest BCUT2D eigenvalue weighted by atomic mass is 10.2. The molecule has 1 amide bonds. The summed E-state index contributed by atoms with van der Waals surface area (Å²) in [4.78, 5) is 22.8. The van der Waals surface area contributed by atoms with E-state index in [0.717, 1.165) is 58.9 Å². The lowest BCUT2D eigenvalue weighted by Gasteiger charge is -2.30. The van der Waals surface area contributed by atoms with Crippen molar-refractivity contribution in [1.29, 1.82) is 0 Å². The quantitative estimate of drug-likeness (QED) is 0.299. The first-order valence-corrected chi connectivity index (χ1v) is 10.6. The van der Waals surface area contributed by atoms with E-state index in [2.05, 4.69) is 53.1 Å². The highest BCUT2D eigenvalue weighted by Gasteiger charge is 2.13. The smallest absolute Gasteiger partial charge is 0.243 e. The molecule has 0 radical (unpaired) electrons. The van der Waals surface area contributed by atoms with Crippen LogP contribution < -0.4 is 10.6 Å². The van der Waals surface area contributed by atoms with Crippen molar-refractivity contribution in [2.45, 2.75) is 46.2 Å². The zero-order valence-electron chi connectivity index (χ0n) is 18.8. The molecule has 0 saturated carbocycles. The summed E-state index contributed by atoms with van der Waals surface area (Å²) >= 11 is 0. The Balaban J connectivity index is 2.46. The molecule has 1 rings (SSSR count). The number of guanidine groups is 1. The standard InChI is InChI=1S/C20H42N6O2/c1-17(2)26(18(3)4)11-9-22-20(23-16-19(27)24(5)6)21-8-7-10-25-12-14-28-15-13-25/h17-18H,7-16H2,1-6H3,(H2,21,22,23). The summed E-state index contributed by atoms with van der Waals surface area (Å²) in [6, 6.07) is 0.998. The number of likely N-dealkylation sites (N-methyl/N-ethyl adjacent to an activating group) is 1. The van der Waals surface area contributed by atoms with E-state index in [1.807, 2.05) is 0 Å². The van der Waals surface area contributed by atoms with Gasteiger partial charge in [-0.1, -0.05) is 0 Å². The molecule has 0 spiro atoms. The molecule has 0 atom stereocenters. The van der Waals surface area contributed by atoms with E-state index in [9.17, 15) is 4.79 Å². The van der Waals surface area contributed by atoms with Gasteiger partial charge in [-0.05, 0) is 40.7 Å². The van der Waals surface area contributed by atoms with Gasteiger partial charge in [0.2, 0.25) is 5.91 Å². The van der Waals surface area contributed by atoms with Crippen LogP contribution in [0, 0.1) is 0 Å². The van der Waals surface area contributed by atoms with Crippen molar-refractivity contribution in [3.8, 4) is 0 Å². The van der Waals surface area contributed by atoms with Gasteiger partial charge in [0.15, 0.2) is 5.96 Å². The fourth-order valence-electron chi connectivity index (χ4n) is 3.21. The maximum Gasteiger partial charge on any atom is 0.243 e. The number of hydrogen-bond acceptors (Lipinski definition) is 5. The predicted octanol–water partition coefficient (Wildman–Crippen LogP) is 0.451. The highest BCUT2D eigenvalue weighted by Crippen LogP contribution is 2.03. The molecule has 0 aromatic heterocycles. The molecule has 1 saturated heterocycles. The van der Waals surface area contributed by atoms with Gasteiger partial charge < -0.3 is 20.3 Å². The van der Waals surface area contributed by atoms with Crippen molar-refractivity contribution in [3.05, 3.63) is 0 Å². The van der Waals surface area contributed by atoms with Crippen LogP contribution in [0.4, 0.5) is 0 Å². The molecule has 1 aliphatic heterocycles. The summed E-state index contributed by atoms with van der Waals surface area (Å²) < 4.78 is 5.39. The summed E-state index contributed by atoms with van der Waals surface area (Å²) in [7, 11) is 3.51. The van der Waals surface area contributed by atoms with Crippen LogP contribution in [0.25, 0.3) is 0 Å². The second-order valence-corrected chi connectivity index (χ2v) is 8.04. The Bertz CT molecular complexity index is 454. The number of aliphatic imine (C=N–C) groups is 1. The highest BCUT2D eigenvalue weighted by molar-refractivity contribution is 5.84. The molecule has 8 nitrogen and oxygen atoms in total. The van der Waals surface area contributed by atoms with Crippen molar-refractivity contribution >= 4 is 11.9 Å². The third-order valence-electron chi connectivity index (χ3n) is 4.91. The number of nitrogens with zero attached hydrogens (tertiary/aromatic N) is 4. The topological polar surface area (TPSA) is 72.4 Å². The summed E-state index contributed by atoms with van der Waals surface area (Å²) in [5, 5.41) is 6.76. The Labute approximate surface area is 171 Å². The highest BCUT2D eigenvalue weighted by atomic mass is 16.5. The molecule has 1 heterocycles. The average Bonchev–Trinajstić information content (AvgIpc) is 2.65. The van der Waals surface area contributed by atoms with Crippen LogP contribution in [0.15, 0.2) is 4.99 Å². The molecule has 0 aliphatic carbocycles. The van der Waals surface area contributed by atoms with Crippen LogP contribution in [0.2, 0.25) is 0 Å². The number of ether oxygens (including phenoxy) is 1. The van der Waals surface area contributed by atoms with Gasteiger partial charge >= 0.3 is 0 Å². The zero-order valence-corrected chi connectivity index (χ0v) is 18.8. The monoisotopic (exact) mass is 398 g/mol. The molecule has 0 unspecified atom stereocenters. The van der Waals surface area contributed by atoms with E-state index >= 15 is 0 Å². The Kier molecular flexibility index (Phi) is 12.1. The van der Waals surface area contributed by atoms with Crippen LogP contribution in [0.3, 0.4) is 0 Å². The first-order chi connectivity index (χ1) is 13.3. The third kappa shape index (κ3) is 10.2. The van der Waals surface area contributed by atoms with Gasteiger partial charge in [0.1, 0.15) is 6.54 Å². The molecule has 164 valence electrons. The van der Waals surface area contributed by atoms with Gasteiger partial charge in [-0.3, -0.25) is 14.6 Å². The molecule has 1 aliphatic rings. The molecular weight excluding hydrogens is 356 g/mol. The van der Waals surface area contributed by atoms with Crippen molar-refractivity contribution < 1.29 is 9.53 Å². The first kappa shape index (κ1) is 24.7. The van der Waals surface area contributed by atoms with Crippen LogP contribution in [-0.2, 0) is 9.53 Å². The maximum atomic E-state index is 11.9. The second kappa shape index (κ2) is 13.7. The molecule has 0 aromatic carbocycles. The number of amides is 1. The van der Waals surface area contributed by atoms with Crippen LogP contribution in [0.1, 0.15) is 34.1 Å². The van der Waals surface area contributed by atoms with E-state index < -0.39 is 0 Å². The van der Waals surface area contributed by atoms with Gasteiger partial charge in [-0.2, -0.15) is 0 Å². The van der Waals surface area contributed by atoms with Crippen molar-refractivity contribution in [1.82, 2.24) is 25.3 Å². The summed E-state index contributed by atoms with van der Waals surface area (Å²) in [5.41, 5.74) is 0. The van der Waals surface area contributed by atoms with E-state index in [1.54, 1.807) is 19.0 Å². The van der Waals surface area contributed by atoms with E-state index in [0.29, 0.717) is 18.0 Å². The summed E-state index contributed by atoms with van der Waals surface area (Å²) in [6.07, 6.45) is 1.03. The van der Waals surface area contributed by atoms with Crippen LogP contribution in [-0.4, -0.2) is 112 Å². The minimum atomic E-state index is 0.000374. The van der Waals surface area contributed by atoms with Crippen molar-refractivity contribution in [2.24, 2.45) is 4.99 Å². The van der Waals surface area contributed by atoms with Crippen LogP contribution >= 0.6 is 0 Å². The summed E-state index contributed by atoms with van der Waals surface area (Å²) in [5.74, 6) is 0.713. The van der Waals surface area contributed by atoms with Gasteiger partial charge in [0.05, 0.1) is 13.2 Å². The Morgan fingerprint density at radius 2 is 1.68 bits per heavy atom. The van der Waals surface area contributed by atoms with E-state index in [4.69, 9.17) is 4.74 Å². The lowest BCUT2D eigenvalue weighted by Crippen LogP contribution is -2.46. The fraction of sp³-hybridized carbons (Fsp3) is 0.900. The number of hydrogen-bond donors (Lipinski definition) is 2. The third-order valence-corrected chi connectivity index (χ3v) is 4.91. The number of morpholine rings is 1. The average molecular weight is 399 g/mol. The molecule has 0 aromatic rings. The molecule has 2 N–H and O–H groups in total. The molecule has 28 heavy (non-hydrogen) atoms. The number of carbonyl (C=O) groups is 1. The second-order valence-electron chi connectivity index (χ2n) is 8.04. The lowest BCUT2D eigenvalue weighted by molar-refractivity contribution is -0.127. The number of nitrogens with one attached hydrogen (secondary N) is 2. The largest absolute Gasteiger partial charge is 0.379 e. The molecule has 1 fully saturated rings. The minimum absolute atomic E-state index is 0.000374. The normalized spacial score (nSPS) is 16.1. The summed E-state index contributed by atoms with van der Waals surface area (Å²) in [6.45, 7) is 16.3. The first-order valence-electron chi connectivity index (χ1n) is 10.6. The van der Waals surface area contributed by atoms with Crippen LogP contribution in [0.5, 0.6) is 0 Å².